The first kappa shape index (κ1) is 13.4. The molecule has 0 bridgehead atoms. The number of nitrogens with one attached hydrogen (secondary N) is 1. The number of hydrogen-bond acceptors (Lipinski definition) is 2. The van der Waals surface area contributed by atoms with Gasteiger partial charge in [0.25, 0.3) is 0 Å². The van der Waals surface area contributed by atoms with Crippen LogP contribution < -0.4 is 5.32 Å². The molecule has 1 saturated carbocycles. The van der Waals surface area contributed by atoms with E-state index in [1.54, 1.807) is 0 Å². The summed E-state index contributed by atoms with van der Waals surface area (Å²) < 4.78 is 5.78. The Bertz CT molecular complexity index is 231. The molecule has 2 heteroatoms. The van der Waals surface area contributed by atoms with E-state index in [9.17, 15) is 0 Å². The van der Waals surface area contributed by atoms with Crippen molar-refractivity contribution in [2.45, 2.75) is 83.4 Å². The summed E-state index contributed by atoms with van der Waals surface area (Å²) in [4.78, 5) is 0. The lowest BCUT2D eigenvalue weighted by molar-refractivity contribution is -0.0647. The maximum Gasteiger partial charge on any atom is 0.0641 e. The molecule has 0 aromatic heterocycles. The molecule has 0 aromatic carbocycles. The quantitative estimate of drug-likeness (QED) is 0.814. The minimum atomic E-state index is 0.0799. The fourth-order valence-corrected chi connectivity index (χ4v) is 3.44. The molecule has 1 heterocycles. The fourth-order valence-electron chi connectivity index (χ4n) is 3.44. The molecule has 0 aromatic rings. The molecule has 2 rings (SSSR count). The van der Waals surface area contributed by atoms with E-state index >= 15 is 0 Å². The Morgan fingerprint density at radius 1 is 1.06 bits per heavy atom. The SMILES string of the molecule is CCC1CCC(NC2CCOC(C)(C)C2)CC1. The van der Waals surface area contributed by atoms with E-state index in [-0.39, 0.29) is 5.60 Å². The smallest absolute Gasteiger partial charge is 0.0641 e. The lowest BCUT2D eigenvalue weighted by atomic mass is 9.83. The van der Waals surface area contributed by atoms with Gasteiger partial charge in [-0.25, -0.2) is 0 Å². The summed E-state index contributed by atoms with van der Waals surface area (Å²) in [6.07, 6.45) is 9.36. The average molecular weight is 239 g/mol. The third-order valence-corrected chi connectivity index (χ3v) is 4.59. The highest BCUT2D eigenvalue weighted by molar-refractivity contribution is 4.86. The van der Waals surface area contributed by atoms with Gasteiger partial charge in [-0.2, -0.15) is 0 Å². The predicted octanol–water partition coefficient (Wildman–Crippen LogP) is 3.50. The molecule has 1 saturated heterocycles. The van der Waals surface area contributed by atoms with Crippen LogP contribution in [-0.2, 0) is 4.74 Å². The molecule has 0 radical (unpaired) electrons. The highest BCUT2D eigenvalue weighted by Gasteiger charge is 2.30. The van der Waals surface area contributed by atoms with Gasteiger partial charge in [0, 0.05) is 18.7 Å². The summed E-state index contributed by atoms with van der Waals surface area (Å²) in [6, 6.07) is 1.46. The highest BCUT2D eigenvalue weighted by Crippen LogP contribution is 2.29. The Labute approximate surface area is 107 Å². The molecule has 100 valence electrons. The Kier molecular flexibility index (Phi) is 4.48. The van der Waals surface area contributed by atoms with E-state index in [4.69, 9.17) is 4.74 Å². The molecule has 1 aliphatic heterocycles. The van der Waals surface area contributed by atoms with Crippen LogP contribution in [0.2, 0.25) is 0 Å². The summed E-state index contributed by atoms with van der Waals surface area (Å²) in [6.45, 7) is 7.69. The van der Waals surface area contributed by atoms with Crippen molar-refractivity contribution in [2.24, 2.45) is 5.92 Å². The molecule has 1 unspecified atom stereocenters. The van der Waals surface area contributed by atoms with Crippen LogP contribution in [0.1, 0.15) is 65.7 Å². The molecule has 0 spiro atoms. The summed E-state index contributed by atoms with van der Waals surface area (Å²) in [5.74, 6) is 0.999. The van der Waals surface area contributed by atoms with Gasteiger partial charge in [-0.15, -0.1) is 0 Å². The Morgan fingerprint density at radius 3 is 2.35 bits per heavy atom. The van der Waals surface area contributed by atoms with Gasteiger partial charge in [0.05, 0.1) is 5.60 Å². The molecule has 1 aliphatic carbocycles. The van der Waals surface area contributed by atoms with Crippen molar-refractivity contribution in [1.82, 2.24) is 5.32 Å². The second-order valence-electron chi connectivity index (χ2n) is 6.59. The van der Waals surface area contributed by atoms with Crippen molar-refractivity contribution in [3.63, 3.8) is 0 Å². The lowest BCUT2D eigenvalue weighted by Gasteiger charge is -2.39. The summed E-state index contributed by atoms with van der Waals surface area (Å²) >= 11 is 0. The van der Waals surface area contributed by atoms with Crippen LogP contribution in [0.5, 0.6) is 0 Å². The molecular weight excluding hydrogens is 210 g/mol. The van der Waals surface area contributed by atoms with Crippen molar-refractivity contribution < 1.29 is 4.74 Å². The van der Waals surface area contributed by atoms with Crippen LogP contribution in [0, 0.1) is 5.92 Å². The minimum Gasteiger partial charge on any atom is -0.375 e. The van der Waals surface area contributed by atoms with E-state index in [1.165, 1.54) is 44.9 Å². The largest absolute Gasteiger partial charge is 0.375 e. The van der Waals surface area contributed by atoms with Gasteiger partial charge in [-0.05, 0) is 58.3 Å². The Balaban J connectivity index is 1.74. The van der Waals surface area contributed by atoms with Crippen molar-refractivity contribution in [1.29, 1.82) is 0 Å². The van der Waals surface area contributed by atoms with Gasteiger partial charge >= 0.3 is 0 Å². The summed E-state index contributed by atoms with van der Waals surface area (Å²) in [5, 5.41) is 3.88. The molecule has 2 fully saturated rings. The maximum absolute atomic E-state index is 5.78. The first-order valence-electron chi connectivity index (χ1n) is 7.49. The van der Waals surface area contributed by atoms with E-state index in [0.29, 0.717) is 6.04 Å². The van der Waals surface area contributed by atoms with Crippen LogP contribution in [-0.4, -0.2) is 24.3 Å². The van der Waals surface area contributed by atoms with Gasteiger partial charge in [0.15, 0.2) is 0 Å². The molecule has 2 aliphatic rings. The van der Waals surface area contributed by atoms with E-state index < -0.39 is 0 Å². The molecule has 17 heavy (non-hydrogen) atoms. The molecule has 0 amide bonds. The molecule has 2 nitrogen and oxygen atoms in total. The van der Waals surface area contributed by atoms with Crippen molar-refractivity contribution in [3.05, 3.63) is 0 Å². The van der Waals surface area contributed by atoms with Gasteiger partial charge in [-0.1, -0.05) is 13.3 Å². The van der Waals surface area contributed by atoms with E-state index in [2.05, 4.69) is 26.1 Å². The van der Waals surface area contributed by atoms with E-state index in [1.807, 2.05) is 0 Å². The van der Waals surface area contributed by atoms with Crippen LogP contribution in [0.4, 0.5) is 0 Å². The average Bonchev–Trinajstić information content (AvgIpc) is 2.29. The topological polar surface area (TPSA) is 21.3 Å². The zero-order valence-electron chi connectivity index (χ0n) is 11.8. The Morgan fingerprint density at radius 2 is 1.76 bits per heavy atom. The van der Waals surface area contributed by atoms with Crippen molar-refractivity contribution in [3.8, 4) is 0 Å². The zero-order chi connectivity index (χ0) is 12.3. The fraction of sp³-hybridized carbons (Fsp3) is 1.00. The monoisotopic (exact) mass is 239 g/mol. The standard InChI is InChI=1S/C15H29NO/c1-4-12-5-7-13(8-6-12)16-14-9-10-17-15(2,3)11-14/h12-14,16H,4-11H2,1-3H3. The van der Waals surface area contributed by atoms with Crippen LogP contribution in [0.3, 0.4) is 0 Å². The van der Waals surface area contributed by atoms with Gasteiger partial charge in [-0.3, -0.25) is 0 Å². The van der Waals surface area contributed by atoms with Gasteiger partial charge in [0.1, 0.15) is 0 Å². The predicted molar refractivity (Wildman–Crippen MR) is 72.2 cm³/mol. The minimum absolute atomic E-state index is 0.0799. The van der Waals surface area contributed by atoms with E-state index in [0.717, 1.165) is 18.6 Å². The van der Waals surface area contributed by atoms with Crippen molar-refractivity contribution >= 4 is 0 Å². The highest BCUT2D eigenvalue weighted by atomic mass is 16.5. The maximum atomic E-state index is 5.78. The van der Waals surface area contributed by atoms with Gasteiger partial charge in [0.2, 0.25) is 0 Å². The van der Waals surface area contributed by atoms with Crippen LogP contribution in [0.15, 0.2) is 0 Å². The normalized spacial score (nSPS) is 37.9. The third-order valence-electron chi connectivity index (χ3n) is 4.59. The Hall–Kier alpha value is -0.0800. The number of ether oxygens (including phenoxy) is 1. The second kappa shape index (κ2) is 5.71. The van der Waals surface area contributed by atoms with Crippen molar-refractivity contribution in [2.75, 3.05) is 6.61 Å². The molecular formula is C15H29NO. The summed E-state index contributed by atoms with van der Waals surface area (Å²) in [7, 11) is 0. The lowest BCUT2D eigenvalue weighted by Crippen LogP contribution is -2.48. The third kappa shape index (κ3) is 3.96. The van der Waals surface area contributed by atoms with Crippen LogP contribution >= 0.6 is 0 Å². The molecule has 1 atom stereocenters. The first-order valence-corrected chi connectivity index (χ1v) is 7.49. The zero-order valence-corrected chi connectivity index (χ0v) is 11.8. The summed E-state index contributed by atoms with van der Waals surface area (Å²) in [5.41, 5.74) is 0.0799. The van der Waals surface area contributed by atoms with Gasteiger partial charge < -0.3 is 10.1 Å². The second-order valence-corrected chi connectivity index (χ2v) is 6.59. The number of hydrogen-bond donors (Lipinski definition) is 1. The number of rotatable bonds is 3. The van der Waals surface area contributed by atoms with Crippen LogP contribution in [0.25, 0.3) is 0 Å². The first-order chi connectivity index (χ1) is 8.09. The molecule has 1 N–H and O–H groups in total.